The number of hydrogen-bond donors (Lipinski definition) is 1. The molecular weight excluding hydrogens is 252 g/mol. The van der Waals surface area contributed by atoms with Crippen LogP contribution < -0.4 is 5.32 Å². The molecular formula is C15H20N4O. The Kier molecular flexibility index (Phi) is 4.20. The van der Waals surface area contributed by atoms with Gasteiger partial charge < -0.3 is 10.2 Å². The van der Waals surface area contributed by atoms with E-state index in [1.807, 2.05) is 25.4 Å². The van der Waals surface area contributed by atoms with Crippen molar-refractivity contribution in [2.24, 2.45) is 0 Å². The van der Waals surface area contributed by atoms with Crippen molar-refractivity contribution >= 4 is 5.91 Å². The minimum absolute atomic E-state index is 0.0916. The van der Waals surface area contributed by atoms with Crippen LogP contribution in [0.25, 0.3) is 5.69 Å². The summed E-state index contributed by atoms with van der Waals surface area (Å²) in [5.74, 6) is -0.0916. The molecule has 0 atom stereocenters. The van der Waals surface area contributed by atoms with E-state index in [4.69, 9.17) is 0 Å². The quantitative estimate of drug-likeness (QED) is 0.920. The van der Waals surface area contributed by atoms with E-state index in [9.17, 15) is 4.79 Å². The van der Waals surface area contributed by atoms with Crippen molar-refractivity contribution in [1.29, 1.82) is 0 Å². The molecule has 0 unspecified atom stereocenters. The van der Waals surface area contributed by atoms with Gasteiger partial charge in [0.1, 0.15) is 0 Å². The normalized spacial score (nSPS) is 10.6. The molecule has 5 heteroatoms. The van der Waals surface area contributed by atoms with Crippen LogP contribution in [-0.2, 0) is 6.54 Å². The number of aromatic nitrogens is 2. The zero-order valence-corrected chi connectivity index (χ0v) is 12.3. The second-order valence-electron chi connectivity index (χ2n) is 5.01. The molecule has 2 rings (SSSR count). The summed E-state index contributed by atoms with van der Waals surface area (Å²) in [5, 5.41) is 7.52. The smallest absolute Gasteiger partial charge is 0.273 e. The van der Waals surface area contributed by atoms with Crippen LogP contribution in [0.3, 0.4) is 0 Å². The van der Waals surface area contributed by atoms with Gasteiger partial charge in [0, 0.05) is 26.8 Å². The van der Waals surface area contributed by atoms with E-state index in [-0.39, 0.29) is 5.91 Å². The minimum Gasteiger partial charge on any atom is -0.343 e. The highest BCUT2D eigenvalue weighted by atomic mass is 16.2. The molecule has 1 heterocycles. The van der Waals surface area contributed by atoms with Crippen molar-refractivity contribution in [3.05, 3.63) is 47.3 Å². The Morgan fingerprint density at radius 1 is 1.35 bits per heavy atom. The second kappa shape index (κ2) is 5.88. The summed E-state index contributed by atoms with van der Waals surface area (Å²) >= 11 is 0. The molecule has 0 spiro atoms. The Labute approximate surface area is 119 Å². The second-order valence-corrected chi connectivity index (χ2v) is 5.01. The third kappa shape index (κ3) is 2.88. The standard InChI is InChI=1S/C15H20N4O/c1-11-5-6-14(12(9-11)10-16-2)19-8-7-13(17-19)15(20)18(3)4/h5-9,16H,10H2,1-4H3. The van der Waals surface area contributed by atoms with Crippen molar-refractivity contribution in [3.63, 3.8) is 0 Å². The highest BCUT2D eigenvalue weighted by Crippen LogP contribution is 2.16. The predicted octanol–water partition coefficient (Wildman–Crippen LogP) is 1.60. The number of carbonyl (C=O) groups is 1. The third-order valence-electron chi connectivity index (χ3n) is 3.06. The summed E-state index contributed by atoms with van der Waals surface area (Å²) < 4.78 is 1.75. The molecule has 0 saturated carbocycles. The number of nitrogens with zero attached hydrogens (tertiary/aromatic N) is 3. The number of amides is 1. The van der Waals surface area contributed by atoms with Crippen molar-refractivity contribution < 1.29 is 4.79 Å². The van der Waals surface area contributed by atoms with Crippen LogP contribution in [0.15, 0.2) is 30.5 Å². The molecule has 1 amide bonds. The summed E-state index contributed by atoms with van der Waals surface area (Å²) in [6.45, 7) is 2.82. The van der Waals surface area contributed by atoms with Gasteiger partial charge in [0.25, 0.3) is 5.91 Å². The van der Waals surface area contributed by atoms with E-state index in [2.05, 4.69) is 23.4 Å². The van der Waals surface area contributed by atoms with Gasteiger partial charge in [-0.15, -0.1) is 0 Å². The number of carbonyl (C=O) groups excluding carboxylic acids is 1. The topological polar surface area (TPSA) is 50.2 Å². The largest absolute Gasteiger partial charge is 0.343 e. The number of benzene rings is 1. The molecule has 0 aliphatic rings. The predicted molar refractivity (Wildman–Crippen MR) is 79.1 cm³/mol. The fourth-order valence-electron chi connectivity index (χ4n) is 2.07. The fourth-order valence-corrected chi connectivity index (χ4v) is 2.07. The number of aryl methyl sites for hydroxylation is 1. The molecule has 1 aromatic carbocycles. The van der Waals surface area contributed by atoms with E-state index in [1.165, 1.54) is 10.5 Å². The fraction of sp³-hybridized carbons (Fsp3) is 0.333. The SMILES string of the molecule is CNCc1cc(C)ccc1-n1ccc(C(=O)N(C)C)n1. The zero-order chi connectivity index (χ0) is 14.7. The van der Waals surface area contributed by atoms with E-state index < -0.39 is 0 Å². The van der Waals surface area contributed by atoms with Crippen LogP contribution in [0.2, 0.25) is 0 Å². The summed E-state index contributed by atoms with van der Waals surface area (Å²) in [7, 11) is 5.36. The number of rotatable bonds is 4. The van der Waals surface area contributed by atoms with E-state index in [0.717, 1.165) is 17.8 Å². The lowest BCUT2D eigenvalue weighted by atomic mass is 10.1. The highest BCUT2D eigenvalue weighted by molar-refractivity contribution is 5.91. The Morgan fingerprint density at radius 2 is 2.10 bits per heavy atom. The Hall–Kier alpha value is -2.14. The van der Waals surface area contributed by atoms with Gasteiger partial charge in [-0.05, 0) is 31.7 Å². The average Bonchev–Trinajstić information content (AvgIpc) is 2.87. The van der Waals surface area contributed by atoms with Gasteiger partial charge in [-0.1, -0.05) is 17.7 Å². The van der Waals surface area contributed by atoms with E-state index in [0.29, 0.717) is 5.69 Å². The molecule has 0 aliphatic heterocycles. The van der Waals surface area contributed by atoms with Crippen LogP contribution in [0.4, 0.5) is 0 Å². The van der Waals surface area contributed by atoms with Crippen LogP contribution in [-0.4, -0.2) is 41.7 Å². The van der Waals surface area contributed by atoms with Crippen LogP contribution in [0.5, 0.6) is 0 Å². The van der Waals surface area contributed by atoms with Gasteiger partial charge in [0.15, 0.2) is 5.69 Å². The summed E-state index contributed by atoms with van der Waals surface area (Å²) in [4.78, 5) is 13.4. The molecule has 1 aromatic heterocycles. The van der Waals surface area contributed by atoms with Crippen molar-refractivity contribution in [2.45, 2.75) is 13.5 Å². The van der Waals surface area contributed by atoms with E-state index >= 15 is 0 Å². The maximum absolute atomic E-state index is 11.9. The maximum atomic E-state index is 11.9. The Morgan fingerprint density at radius 3 is 2.75 bits per heavy atom. The lowest BCUT2D eigenvalue weighted by Gasteiger charge is -2.11. The highest BCUT2D eigenvalue weighted by Gasteiger charge is 2.13. The molecule has 0 bridgehead atoms. The molecule has 0 fully saturated rings. The van der Waals surface area contributed by atoms with Crippen LogP contribution in [0, 0.1) is 6.92 Å². The Balaban J connectivity index is 2.39. The van der Waals surface area contributed by atoms with Crippen LogP contribution >= 0.6 is 0 Å². The monoisotopic (exact) mass is 272 g/mol. The van der Waals surface area contributed by atoms with Crippen molar-refractivity contribution in [1.82, 2.24) is 20.0 Å². The number of hydrogen-bond acceptors (Lipinski definition) is 3. The van der Waals surface area contributed by atoms with Gasteiger partial charge in [-0.25, -0.2) is 4.68 Å². The molecule has 106 valence electrons. The van der Waals surface area contributed by atoms with Gasteiger partial charge in [0.2, 0.25) is 0 Å². The van der Waals surface area contributed by atoms with Crippen molar-refractivity contribution in [3.8, 4) is 5.69 Å². The average molecular weight is 272 g/mol. The zero-order valence-electron chi connectivity index (χ0n) is 12.3. The first-order valence-corrected chi connectivity index (χ1v) is 6.54. The van der Waals surface area contributed by atoms with Gasteiger partial charge in [-0.3, -0.25) is 4.79 Å². The van der Waals surface area contributed by atoms with Gasteiger partial charge in [0.05, 0.1) is 5.69 Å². The molecule has 0 aliphatic carbocycles. The molecule has 2 aromatic rings. The summed E-state index contributed by atoms with van der Waals surface area (Å²) in [6.07, 6.45) is 1.82. The molecule has 0 saturated heterocycles. The lowest BCUT2D eigenvalue weighted by molar-refractivity contribution is 0.0821. The molecule has 5 nitrogen and oxygen atoms in total. The lowest BCUT2D eigenvalue weighted by Crippen LogP contribution is -2.22. The van der Waals surface area contributed by atoms with Crippen LogP contribution in [0.1, 0.15) is 21.6 Å². The first-order chi connectivity index (χ1) is 9.52. The minimum atomic E-state index is -0.0916. The summed E-state index contributed by atoms with van der Waals surface area (Å²) in [6, 6.07) is 7.94. The summed E-state index contributed by atoms with van der Waals surface area (Å²) in [5.41, 5.74) is 3.80. The third-order valence-corrected chi connectivity index (χ3v) is 3.06. The maximum Gasteiger partial charge on any atom is 0.273 e. The molecule has 0 radical (unpaired) electrons. The molecule has 20 heavy (non-hydrogen) atoms. The van der Waals surface area contributed by atoms with Crippen molar-refractivity contribution in [2.75, 3.05) is 21.1 Å². The van der Waals surface area contributed by atoms with Gasteiger partial charge >= 0.3 is 0 Å². The number of nitrogens with one attached hydrogen (secondary N) is 1. The Bertz CT molecular complexity index is 616. The first kappa shape index (κ1) is 14.3. The first-order valence-electron chi connectivity index (χ1n) is 6.54. The molecule has 1 N–H and O–H groups in total. The van der Waals surface area contributed by atoms with E-state index in [1.54, 1.807) is 24.8 Å². The van der Waals surface area contributed by atoms with Gasteiger partial charge in [-0.2, -0.15) is 5.10 Å².